The molecular weight excluding hydrogens is 290 g/mol. The van der Waals surface area contributed by atoms with Gasteiger partial charge in [-0.2, -0.15) is 0 Å². The number of likely N-dealkylation sites (N-methyl/N-ethyl adjacent to an activating group) is 1. The summed E-state index contributed by atoms with van der Waals surface area (Å²) in [4.78, 5) is 7.09. The Morgan fingerprint density at radius 1 is 1.26 bits per heavy atom. The van der Waals surface area contributed by atoms with Crippen LogP contribution < -0.4 is 9.47 Å². The van der Waals surface area contributed by atoms with Crippen LogP contribution in [-0.4, -0.2) is 48.3 Å². The average Bonchev–Trinajstić information content (AvgIpc) is 3.23. The third-order valence-electron chi connectivity index (χ3n) is 4.78. The van der Waals surface area contributed by atoms with Crippen LogP contribution in [0, 0.1) is 6.92 Å². The molecule has 1 fully saturated rings. The number of benzene rings is 1. The van der Waals surface area contributed by atoms with E-state index in [1.54, 1.807) is 14.2 Å². The highest BCUT2D eigenvalue weighted by molar-refractivity contribution is 5.69. The smallest absolute Gasteiger partial charge is 0.143 e. The zero-order chi connectivity index (χ0) is 16.4. The fraction of sp³-hybridized carbons (Fsp3) is 0.500. The van der Waals surface area contributed by atoms with Crippen molar-refractivity contribution in [2.75, 3.05) is 33.9 Å². The second-order valence-corrected chi connectivity index (χ2v) is 5.97. The van der Waals surface area contributed by atoms with Gasteiger partial charge in [-0.05, 0) is 32.0 Å². The number of methoxy groups -OCH3 is 2. The lowest BCUT2D eigenvalue weighted by molar-refractivity contribution is 0.341. The molecule has 0 radical (unpaired) electrons. The Hall–Kier alpha value is -2.01. The van der Waals surface area contributed by atoms with Gasteiger partial charge in [-0.3, -0.25) is 0 Å². The summed E-state index contributed by atoms with van der Waals surface area (Å²) in [6, 6.07) is 4.49. The molecule has 0 amide bonds. The van der Waals surface area contributed by atoms with Gasteiger partial charge in [0.1, 0.15) is 17.3 Å². The van der Waals surface area contributed by atoms with Crippen molar-refractivity contribution in [2.24, 2.45) is 0 Å². The first-order valence-corrected chi connectivity index (χ1v) is 8.16. The van der Waals surface area contributed by atoms with Gasteiger partial charge in [0, 0.05) is 37.1 Å². The molecule has 1 aliphatic heterocycles. The van der Waals surface area contributed by atoms with Crippen molar-refractivity contribution in [2.45, 2.75) is 26.3 Å². The quantitative estimate of drug-likeness (QED) is 0.850. The predicted octanol–water partition coefficient (Wildman–Crippen LogP) is 3.14. The topological polar surface area (TPSA) is 39.5 Å². The molecule has 3 rings (SSSR count). The highest BCUT2D eigenvalue weighted by Crippen LogP contribution is 2.38. The first-order chi connectivity index (χ1) is 11.2. The standard InChI is InChI=1S/C18H25N3O2/c1-5-20-10-8-14(12-20)21-11-9-19-18(21)15-6-7-16(22-3)13(2)17(15)23-4/h6-7,9,11,14H,5,8,10,12H2,1-4H3. The SMILES string of the molecule is CCN1CCC(n2ccnc2-c2ccc(OC)c(C)c2OC)C1. The molecule has 2 aromatic rings. The number of nitrogens with zero attached hydrogens (tertiary/aromatic N) is 3. The van der Waals surface area contributed by atoms with E-state index in [-0.39, 0.29) is 0 Å². The maximum atomic E-state index is 5.66. The van der Waals surface area contributed by atoms with Gasteiger partial charge in [-0.15, -0.1) is 0 Å². The van der Waals surface area contributed by atoms with Crippen molar-refractivity contribution in [3.05, 3.63) is 30.1 Å². The van der Waals surface area contributed by atoms with E-state index in [9.17, 15) is 0 Å². The number of hydrogen-bond acceptors (Lipinski definition) is 4. The van der Waals surface area contributed by atoms with Crippen molar-refractivity contribution < 1.29 is 9.47 Å². The summed E-state index contributed by atoms with van der Waals surface area (Å²) in [5.74, 6) is 2.64. The van der Waals surface area contributed by atoms with Crippen molar-refractivity contribution in [1.29, 1.82) is 0 Å². The maximum absolute atomic E-state index is 5.66. The lowest BCUT2D eigenvalue weighted by atomic mass is 10.1. The summed E-state index contributed by atoms with van der Waals surface area (Å²) in [5.41, 5.74) is 2.02. The molecule has 0 N–H and O–H groups in total. The summed E-state index contributed by atoms with van der Waals surface area (Å²) in [7, 11) is 3.38. The van der Waals surface area contributed by atoms with E-state index < -0.39 is 0 Å². The van der Waals surface area contributed by atoms with Gasteiger partial charge in [0.25, 0.3) is 0 Å². The minimum Gasteiger partial charge on any atom is -0.496 e. The lowest BCUT2D eigenvalue weighted by Gasteiger charge is -2.19. The number of aromatic nitrogens is 2. The number of hydrogen-bond donors (Lipinski definition) is 0. The summed E-state index contributed by atoms with van der Waals surface area (Å²) in [6.07, 6.45) is 5.12. The molecule has 5 heteroatoms. The van der Waals surface area contributed by atoms with Gasteiger partial charge in [0.05, 0.1) is 19.8 Å². The largest absolute Gasteiger partial charge is 0.496 e. The Kier molecular flexibility index (Phi) is 4.57. The van der Waals surface area contributed by atoms with E-state index in [4.69, 9.17) is 9.47 Å². The van der Waals surface area contributed by atoms with Crippen LogP contribution in [0.4, 0.5) is 0 Å². The average molecular weight is 315 g/mol. The van der Waals surface area contributed by atoms with E-state index >= 15 is 0 Å². The molecule has 124 valence electrons. The minimum absolute atomic E-state index is 0.472. The van der Waals surface area contributed by atoms with Crippen molar-refractivity contribution in [3.8, 4) is 22.9 Å². The maximum Gasteiger partial charge on any atom is 0.143 e. The predicted molar refractivity (Wildman–Crippen MR) is 91.3 cm³/mol. The summed E-state index contributed by atoms with van der Waals surface area (Å²) in [5, 5.41) is 0. The molecule has 1 aromatic carbocycles. The molecule has 1 saturated heterocycles. The fourth-order valence-corrected chi connectivity index (χ4v) is 3.48. The highest BCUT2D eigenvalue weighted by atomic mass is 16.5. The van der Waals surface area contributed by atoms with E-state index in [2.05, 4.69) is 27.6 Å². The van der Waals surface area contributed by atoms with Gasteiger partial charge in [-0.25, -0.2) is 4.98 Å². The second-order valence-electron chi connectivity index (χ2n) is 5.97. The molecule has 1 aliphatic rings. The Morgan fingerprint density at radius 3 is 2.74 bits per heavy atom. The molecule has 0 spiro atoms. The van der Waals surface area contributed by atoms with Gasteiger partial charge < -0.3 is 18.9 Å². The zero-order valence-electron chi connectivity index (χ0n) is 14.4. The van der Waals surface area contributed by atoms with Crippen LogP contribution in [0.1, 0.15) is 24.9 Å². The van der Waals surface area contributed by atoms with E-state index in [1.165, 1.54) is 0 Å². The summed E-state index contributed by atoms with van der Waals surface area (Å²) in [6.45, 7) is 7.57. The molecule has 0 bridgehead atoms. The fourth-order valence-electron chi connectivity index (χ4n) is 3.48. The van der Waals surface area contributed by atoms with Gasteiger partial charge in [-0.1, -0.05) is 6.92 Å². The number of imidazole rings is 1. The number of ether oxygens (including phenoxy) is 2. The molecule has 2 heterocycles. The Morgan fingerprint density at radius 2 is 2.09 bits per heavy atom. The molecule has 5 nitrogen and oxygen atoms in total. The molecular formula is C18H25N3O2. The van der Waals surface area contributed by atoms with Crippen LogP contribution in [0.25, 0.3) is 11.4 Å². The van der Waals surface area contributed by atoms with Crippen molar-refractivity contribution in [1.82, 2.24) is 14.5 Å². The molecule has 23 heavy (non-hydrogen) atoms. The highest BCUT2D eigenvalue weighted by Gasteiger charge is 2.26. The third-order valence-corrected chi connectivity index (χ3v) is 4.78. The monoisotopic (exact) mass is 315 g/mol. The van der Waals surface area contributed by atoms with Crippen LogP contribution >= 0.6 is 0 Å². The molecule has 1 atom stereocenters. The van der Waals surface area contributed by atoms with Crippen molar-refractivity contribution >= 4 is 0 Å². The second kappa shape index (κ2) is 6.62. The number of likely N-dealkylation sites (tertiary alicyclic amines) is 1. The Labute approximate surface area is 137 Å². The lowest BCUT2D eigenvalue weighted by Crippen LogP contribution is -2.21. The molecule has 0 saturated carbocycles. The van der Waals surface area contributed by atoms with Gasteiger partial charge in [0.15, 0.2) is 0 Å². The first kappa shape index (κ1) is 15.9. The Bertz CT molecular complexity index is 681. The van der Waals surface area contributed by atoms with Crippen LogP contribution in [0.2, 0.25) is 0 Å². The van der Waals surface area contributed by atoms with Crippen LogP contribution in [0.3, 0.4) is 0 Å². The number of rotatable bonds is 5. The first-order valence-electron chi connectivity index (χ1n) is 8.16. The van der Waals surface area contributed by atoms with Crippen LogP contribution in [-0.2, 0) is 0 Å². The zero-order valence-corrected chi connectivity index (χ0v) is 14.4. The minimum atomic E-state index is 0.472. The normalized spacial score (nSPS) is 18.3. The summed E-state index contributed by atoms with van der Waals surface area (Å²) >= 11 is 0. The summed E-state index contributed by atoms with van der Waals surface area (Å²) < 4.78 is 13.4. The van der Waals surface area contributed by atoms with Gasteiger partial charge in [0.2, 0.25) is 0 Å². The van der Waals surface area contributed by atoms with Gasteiger partial charge >= 0.3 is 0 Å². The Balaban J connectivity index is 2.01. The third kappa shape index (κ3) is 2.81. The van der Waals surface area contributed by atoms with E-state index in [0.29, 0.717) is 6.04 Å². The van der Waals surface area contributed by atoms with Crippen LogP contribution in [0.5, 0.6) is 11.5 Å². The van der Waals surface area contributed by atoms with E-state index in [0.717, 1.165) is 54.5 Å². The van der Waals surface area contributed by atoms with Crippen molar-refractivity contribution in [3.63, 3.8) is 0 Å². The molecule has 1 unspecified atom stereocenters. The van der Waals surface area contributed by atoms with E-state index in [1.807, 2.05) is 25.3 Å². The van der Waals surface area contributed by atoms with Crippen LogP contribution in [0.15, 0.2) is 24.5 Å². The molecule has 0 aliphatic carbocycles. The molecule has 1 aromatic heterocycles.